The summed E-state index contributed by atoms with van der Waals surface area (Å²) in [5, 5.41) is 3.41. The second-order valence-corrected chi connectivity index (χ2v) is 7.12. The Morgan fingerprint density at radius 1 is 0.769 bits per heavy atom. The van der Waals surface area contributed by atoms with Gasteiger partial charge in [0.1, 0.15) is 0 Å². The number of hydrogen-bond acceptors (Lipinski definition) is 1. The first-order valence-electron chi connectivity index (χ1n) is 8.57. The lowest BCUT2D eigenvalue weighted by atomic mass is 9.99. The van der Waals surface area contributed by atoms with E-state index >= 15 is 0 Å². The van der Waals surface area contributed by atoms with E-state index in [2.05, 4.69) is 91.0 Å². The van der Waals surface area contributed by atoms with Gasteiger partial charge in [0.05, 0.1) is 13.2 Å². The van der Waals surface area contributed by atoms with E-state index in [0.29, 0.717) is 0 Å². The van der Waals surface area contributed by atoms with E-state index in [4.69, 9.17) is 4.74 Å². The zero-order valence-electron chi connectivity index (χ0n) is 14.6. The van der Waals surface area contributed by atoms with Gasteiger partial charge >= 0.3 is 5.06 Å². The number of hydrogen-bond donors (Lipinski definition) is 0. The highest BCUT2D eigenvalue weighted by molar-refractivity contribution is 7.14. The van der Waals surface area contributed by atoms with Crippen molar-refractivity contribution in [1.29, 1.82) is 0 Å². The van der Waals surface area contributed by atoms with Crippen LogP contribution < -0.4 is 4.74 Å². The molecule has 0 aliphatic carbocycles. The van der Waals surface area contributed by atoms with Crippen molar-refractivity contribution in [3.8, 4) is 16.2 Å². The Balaban J connectivity index is 1.80. The van der Waals surface area contributed by atoms with Gasteiger partial charge in [-0.05, 0) is 33.5 Å². The molecule has 0 fully saturated rings. The summed E-state index contributed by atoms with van der Waals surface area (Å²) in [6.45, 7) is 0. The third-order valence-electron chi connectivity index (χ3n) is 4.33. The number of methoxy groups -OCH3 is 1. The van der Waals surface area contributed by atoms with Crippen LogP contribution in [-0.4, -0.2) is 7.11 Å². The maximum Gasteiger partial charge on any atom is 0.386 e. The highest BCUT2D eigenvalue weighted by Crippen LogP contribution is 2.35. The van der Waals surface area contributed by atoms with E-state index in [1.807, 2.05) is 6.07 Å². The molecule has 0 bridgehead atoms. The van der Waals surface area contributed by atoms with Crippen molar-refractivity contribution in [2.24, 2.45) is 0 Å². The Kier molecular flexibility index (Phi) is 4.76. The van der Waals surface area contributed by atoms with Crippen molar-refractivity contribution >= 4 is 34.3 Å². The van der Waals surface area contributed by atoms with Gasteiger partial charge in [0.25, 0.3) is 11.3 Å². The van der Waals surface area contributed by atoms with Crippen molar-refractivity contribution in [3.63, 3.8) is 0 Å². The summed E-state index contributed by atoms with van der Waals surface area (Å²) in [5.41, 5.74) is 3.59. The molecule has 0 radical (unpaired) electrons. The van der Waals surface area contributed by atoms with Gasteiger partial charge in [-0.3, -0.25) is 0 Å². The van der Waals surface area contributed by atoms with Crippen LogP contribution in [0.25, 0.3) is 34.1 Å². The molecule has 1 heterocycles. The van der Waals surface area contributed by atoms with Crippen LogP contribution in [0, 0.1) is 0 Å². The lowest BCUT2D eigenvalue weighted by Crippen LogP contribution is -1.85. The molecule has 1 nitrogen and oxygen atoms in total. The summed E-state index contributed by atoms with van der Waals surface area (Å²) in [5.74, 6) is 0. The Labute approximate surface area is 157 Å². The van der Waals surface area contributed by atoms with Crippen LogP contribution in [0.5, 0.6) is 5.06 Å². The van der Waals surface area contributed by atoms with Crippen molar-refractivity contribution < 1.29 is 4.74 Å². The molecule has 0 amide bonds. The molecule has 0 atom stereocenters. The second-order valence-electron chi connectivity index (χ2n) is 6.04. The van der Waals surface area contributed by atoms with Crippen LogP contribution in [0.15, 0.2) is 84.9 Å². The maximum absolute atomic E-state index is 5.57. The summed E-state index contributed by atoms with van der Waals surface area (Å²) in [4.78, 5) is 1.16. The first-order chi connectivity index (χ1) is 12.8. The highest BCUT2D eigenvalue weighted by Gasteiger charge is 2.15. The van der Waals surface area contributed by atoms with Crippen LogP contribution in [0.3, 0.4) is 0 Å². The molecule has 4 aromatic rings. The second kappa shape index (κ2) is 7.51. The molecular weight excluding hydrogens is 336 g/mol. The molecule has 0 unspecified atom stereocenters. The summed E-state index contributed by atoms with van der Waals surface area (Å²) < 4.78 is 5.57. The number of benzene rings is 3. The summed E-state index contributed by atoms with van der Waals surface area (Å²) in [7, 11) is 1.73. The lowest BCUT2D eigenvalue weighted by molar-refractivity contribution is 0.426. The van der Waals surface area contributed by atoms with Gasteiger partial charge in [-0.1, -0.05) is 72.8 Å². The minimum Gasteiger partial charge on any atom is -0.453 e. The van der Waals surface area contributed by atoms with Gasteiger partial charge in [-0.15, -0.1) is 0 Å². The fraction of sp³-hybridized carbons (Fsp3) is 0.0417. The lowest BCUT2D eigenvalue weighted by Gasteiger charge is -2.06. The molecule has 0 spiro atoms. The average molecular weight is 355 g/mol. The highest BCUT2D eigenvalue weighted by atomic mass is 32.1. The molecule has 0 aliphatic rings. The third kappa shape index (κ3) is 3.51. The minimum atomic E-state index is 0.906. The molecule has 4 rings (SSSR count). The van der Waals surface area contributed by atoms with Crippen LogP contribution in [0.4, 0.5) is 0 Å². The smallest absolute Gasteiger partial charge is 0.386 e. The molecule has 2 heteroatoms. The van der Waals surface area contributed by atoms with E-state index in [9.17, 15) is 0 Å². The van der Waals surface area contributed by atoms with Crippen molar-refractivity contribution in [2.45, 2.75) is 0 Å². The molecule has 0 saturated heterocycles. The van der Waals surface area contributed by atoms with E-state index in [-0.39, 0.29) is 0 Å². The molecule has 126 valence electrons. The van der Waals surface area contributed by atoms with Crippen molar-refractivity contribution in [3.05, 3.63) is 95.4 Å². The molecule has 0 saturated carbocycles. The minimum absolute atomic E-state index is 0.906. The standard InChI is InChI=1S/C24H19OS/c1-25-24-17-20(23-13-7-11-19-10-5-6-12-22(19)23)16-21(26-24)15-14-18-8-3-2-4-9-18/h2-17H,1H3/q+1. The van der Waals surface area contributed by atoms with Crippen molar-refractivity contribution in [1.82, 2.24) is 0 Å². The fourth-order valence-electron chi connectivity index (χ4n) is 3.05. The van der Waals surface area contributed by atoms with Gasteiger partial charge in [-0.2, -0.15) is 0 Å². The molecule has 1 aromatic heterocycles. The predicted octanol–water partition coefficient (Wildman–Crippen LogP) is 7.03. The van der Waals surface area contributed by atoms with Gasteiger partial charge in [0, 0.05) is 12.1 Å². The summed E-state index contributed by atoms with van der Waals surface area (Å²) in [6, 6.07) is 29.6. The summed E-state index contributed by atoms with van der Waals surface area (Å²) in [6.07, 6.45) is 4.29. The zero-order valence-corrected chi connectivity index (χ0v) is 15.4. The Bertz CT molecular complexity index is 1060. The normalized spacial score (nSPS) is 11.1. The van der Waals surface area contributed by atoms with Gasteiger partial charge in [0.15, 0.2) is 0 Å². The first kappa shape index (κ1) is 16.5. The van der Waals surface area contributed by atoms with E-state index in [0.717, 1.165) is 9.94 Å². The topological polar surface area (TPSA) is 9.23 Å². The quantitative estimate of drug-likeness (QED) is 0.357. The van der Waals surface area contributed by atoms with Crippen molar-refractivity contribution in [2.75, 3.05) is 7.11 Å². The molecule has 26 heavy (non-hydrogen) atoms. The van der Waals surface area contributed by atoms with Crippen LogP contribution in [0.1, 0.15) is 10.4 Å². The first-order valence-corrected chi connectivity index (χ1v) is 9.38. The van der Waals surface area contributed by atoms with E-state index < -0.39 is 0 Å². The van der Waals surface area contributed by atoms with Crippen LogP contribution in [-0.2, 0) is 0 Å². The molecule has 0 N–H and O–H groups in total. The summed E-state index contributed by atoms with van der Waals surface area (Å²) >= 11 is 1.65. The Morgan fingerprint density at radius 2 is 1.54 bits per heavy atom. The van der Waals surface area contributed by atoms with Gasteiger partial charge < -0.3 is 4.74 Å². The van der Waals surface area contributed by atoms with Crippen LogP contribution >= 0.6 is 11.3 Å². The molecular formula is C24H19OS+. The van der Waals surface area contributed by atoms with Gasteiger partial charge in [-0.25, -0.2) is 0 Å². The third-order valence-corrected chi connectivity index (χ3v) is 5.31. The van der Waals surface area contributed by atoms with Crippen LogP contribution in [0.2, 0.25) is 0 Å². The Morgan fingerprint density at radius 3 is 2.38 bits per heavy atom. The molecule has 3 aromatic carbocycles. The number of fused-ring (bicyclic) bond motifs is 1. The predicted molar refractivity (Wildman–Crippen MR) is 114 cm³/mol. The SMILES string of the molecule is COc1cc(-c2cccc3ccccc23)cc(C=Cc2ccccc2)[s+]1. The average Bonchev–Trinajstić information content (AvgIpc) is 2.72. The number of ether oxygens (including phenoxy) is 1. The largest absolute Gasteiger partial charge is 0.453 e. The monoisotopic (exact) mass is 355 g/mol. The van der Waals surface area contributed by atoms with E-state index in [1.165, 1.54) is 27.5 Å². The Hall–Kier alpha value is -2.97. The molecule has 0 aliphatic heterocycles. The zero-order chi connectivity index (χ0) is 17.8. The maximum atomic E-state index is 5.57. The fourth-order valence-corrected chi connectivity index (χ4v) is 3.88. The van der Waals surface area contributed by atoms with E-state index in [1.54, 1.807) is 18.4 Å². The van der Waals surface area contributed by atoms with Gasteiger partial charge in [0.2, 0.25) is 4.88 Å². The number of rotatable bonds is 4.